The molecule has 0 spiro atoms. The zero-order valence-corrected chi connectivity index (χ0v) is 17.4. The summed E-state index contributed by atoms with van der Waals surface area (Å²) in [5.41, 5.74) is -1.36. The Morgan fingerprint density at radius 1 is 1.12 bits per heavy atom. The molecule has 3 aromatic heterocycles. The first kappa shape index (κ1) is 21.9. The van der Waals surface area contributed by atoms with Crippen LogP contribution in [0.4, 0.5) is 22.4 Å². The van der Waals surface area contributed by atoms with E-state index in [1.165, 1.54) is 27.6 Å². The summed E-state index contributed by atoms with van der Waals surface area (Å²) in [6.45, 7) is 0.464. The van der Waals surface area contributed by atoms with E-state index < -0.39 is 29.2 Å². The molecular weight excluding hydrogens is 458 g/mol. The SMILES string of the molecule is O=C(O)N1CCC(c2cc(=O)[nH]c3c4c(C(F)(F)F)cc(-c5ccc(F)cc5)nc4nn23)CC1. The number of nitrogens with one attached hydrogen (secondary N) is 1. The average molecular weight is 475 g/mol. The second-order valence-corrected chi connectivity index (χ2v) is 8.12. The number of carbonyl (C=O) groups is 1. The molecule has 1 aliphatic heterocycles. The van der Waals surface area contributed by atoms with Gasteiger partial charge in [-0.2, -0.15) is 13.2 Å². The lowest BCUT2D eigenvalue weighted by atomic mass is 9.93. The maximum atomic E-state index is 14.1. The van der Waals surface area contributed by atoms with Crippen LogP contribution in [0, 0.1) is 5.82 Å². The van der Waals surface area contributed by atoms with Gasteiger partial charge in [0, 0.05) is 30.6 Å². The van der Waals surface area contributed by atoms with E-state index in [4.69, 9.17) is 5.11 Å². The van der Waals surface area contributed by atoms with E-state index in [-0.39, 0.29) is 46.9 Å². The Kier molecular flexibility index (Phi) is 5.03. The summed E-state index contributed by atoms with van der Waals surface area (Å²) in [7, 11) is 0. The highest BCUT2D eigenvalue weighted by molar-refractivity contribution is 5.94. The molecule has 8 nitrogen and oxygen atoms in total. The molecule has 5 rings (SSSR count). The number of aromatic nitrogens is 4. The molecule has 0 bridgehead atoms. The van der Waals surface area contributed by atoms with Crippen LogP contribution in [-0.4, -0.2) is 48.8 Å². The maximum absolute atomic E-state index is 14.1. The number of H-pyrrole nitrogens is 1. The smallest absolute Gasteiger partial charge is 0.417 e. The van der Waals surface area contributed by atoms with Crippen molar-refractivity contribution in [2.75, 3.05) is 13.1 Å². The predicted molar refractivity (Wildman–Crippen MR) is 113 cm³/mol. The van der Waals surface area contributed by atoms with E-state index >= 15 is 0 Å². The van der Waals surface area contributed by atoms with Crippen molar-refractivity contribution in [3.8, 4) is 11.3 Å². The van der Waals surface area contributed by atoms with Gasteiger partial charge in [-0.25, -0.2) is 18.7 Å². The standard InChI is InChI=1S/C22H17F4N5O3/c23-13-3-1-11(2-4-13)15-9-14(22(24,25)26)18-19(27-15)29-31-16(10-17(32)28-20(18)31)12-5-7-30(8-6-12)21(33)34/h1-4,9-10,12H,5-8H2,(H,28,32)(H,33,34). The number of fused-ring (bicyclic) bond motifs is 3. The third kappa shape index (κ3) is 3.74. The molecule has 0 saturated carbocycles. The van der Waals surface area contributed by atoms with Crippen LogP contribution in [0.15, 0.2) is 41.2 Å². The Balaban J connectivity index is 1.72. The molecule has 4 aromatic rings. The molecule has 2 N–H and O–H groups in total. The maximum Gasteiger partial charge on any atom is 0.417 e. The van der Waals surface area contributed by atoms with Gasteiger partial charge in [0.25, 0.3) is 5.56 Å². The van der Waals surface area contributed by atoms with E-state index in [1.807, 2.05) is 0 Å². The monoisotopic (exact) mass is 475 g/mol. The number of likely N-dealkylation sites (tertiary alicyclic amines) is 1. The Labute approximate surface area is 188 Å². The summed E-state index contributed by atoms with van der Waals surface area (Å²) in [6, 6.07) is 7.02. The van der Waals surface area contributed by atoms with E-state index in [0.29, 0.717) is 18.5 Å². The van der Waals surface area contributed by atoms with Crippen LogP contribution in [-0.2, 0) is 6.18 Å². The molecule has 1 amide bonds. The van der Waals surface area contributed by atoms with Crippen LogP contribution in [0.2, 0.25) is 0 Å². The second kappa shape index (κ2) is 7.82. The molecule has 1 fully saturated rings. The van der Waals surface area contributed by atoms with E-state index in [9.17, 15) is 27.2 Å². The fraction of sp³-hybridized carbons (Fsp3) is 0.273. The van der Waals surface area contributed by atoms with Crippen LogP contribution in [0.1, 0.15) is 30.0 Å². The van der Waals surface area contributed by atoms with Crippen LogP contribution in [0.25, 0.3) is 27.9 Å². The topological polar surface area (TPSA) is 104 Å². The van der Waals surface area contributed by atoms with Gasteiger partial charge in [0.2, 0.25) is 0 Å². The van der Waals surface area contributed by atoms with E-state index in [2.05, 4.69) is 15.1 Å². The van der Waals surface area contributed by atoms with Crippen LogP contribution < -0.4 is 5.56 Å². The van der Waals surface area contributed by atoms with Crippen molar-refractivity contribution >= 4 is 22.8 Å². The number of carboxylic acid groups (broad SMARTS) is 1. The zero-order chi connectivity index (χ0) is 24.2. The molecule has 4 heterocycles. The van der Waals surface area contributed by atoms with Crippen molar-refractivity contribution in [3.05, 3.63) is 63.8 Å². The third-order valence-electron chi connectivity index (χ3n) is 6.04. The molecule has 0 unspecified atom stereocenters. The zero-order valence-electron chi connectivity index (χ0n) is 17.4. The van der Waals surface area contributed by atoms with Gasteiger partial charge in [-0.3, -0.25) is 4.79 Å². The van der Waals surface area contributed by atoms with Gasteiger partial charge in [-0.05, 0) is 43.2 Å². The van der Waals surface area contributed by atoms with Crippen LogP contribution in [0.3, 0.4) is 0 Å². The number of nitrogens with zero attached hydrogens (tertiary/aromatic N) is 4. The first-order valence-electron chi connectivity index (χ1n) is 10.4. The molecule has 1 saturated heterocycles. The van der Waals surface area contributed by atoms with Gasteiger partial charge in [-0.1, -0.05) is 0 Å². The minimum Gasteiger partial charge on any atom is -0.465 e. The number of benzene rings is 1. The quantitative estimate of drug-likeness (QED) is 0.422. The van der Waals surface area contributed by atoms with Gasteiger partial charge < -0.3 is 15.0 Å². The molecule has 0 radical (unpaired) electrons. The van der Waals surface area contributed by atoms with E-state index in [0.717, 1.165) is 18.2 Å². The van der Waals surface area contributed by atoms with Crippen molar-refractivity contribution in [2.24, 2.45) is 0 Å². The molecule has 34 heavy (non-hydrogen) atoms. The number of piperidine rings is 1. The Morgan fingerprint density at radius 3 is 2.41 bits per heavy atom. The van der Waals surface area contributed by atoms with Gasteiger partial charge >= 0.3 is 12.3 Å². The first-order chi connectivity index (χ1) is 16.1. The summed E-state index contributed by atoms with van der Waals surface area (Å²) in [5.74, 6) is -0.814. The lowest BCUT2D eigenvalue weighted by Gasteiger charge is -2.30. The van der Waals surface area contributed by atoms with Gasteiger partial charge in [0.15, 0.2) is 5.65 Å². The van der Waals surface area contributed by atoms with Gasteiger partial charge in [0.1, 0.15) is 11.5 Å². The molecule has 12 heteroatoms. The summed E-state index contributed by atoms with van der Waals surface area (Å²) < 4.78 is 56.8. The van der Waals surface area contributed by atoms with Crippen molar-refractivity contribution in [1.82, 2.24) is 24.5 Å². The summed E-state index contributed by atoms with van der Waals surface area (Å²) >= 11 is 0. The fourth-order valence-corrected chi connectivity index (χ4v) is 4.39. The average Bonchev–Trinajstić information content (AvgIpc) is 3.16. The Hall–Kier alpha value is -3.96. The number of hydrogen-bond acceptors (Lipinski definition) is 4. The number of halogens is 4. The summed E-state index contributed by atoms with van der Waals surface area (Å²) in [5, 5.41) is 13.1. The fourth-order valence-electron chi connectivity index (χ4n) is 4.39. The number of pyridine rings is 1. The van der Waals surface area contributed by atoms with Crippen LogP contribution in [0.5, 0.6) is 0 Å². The van der Waals surface area contributed by atoms with Crippen LogP contribution >= 0.6 is 0 Å². The normalized spacial score (nSPS) is 15.4. The largest absolute Gasteiger partial charge is 0.465 e. The van der Waals surface area contributed by atoms with Gasteiger partial charge in [-0.15, -0.1) is 5.10 Å². The number of rotatable bonds is 2. The van der Waals surface area contributed by atoms with E-state index in [1.54, 1.807) is 0 Å². The molecule has 0 aliphatic carbocycles. The highest BCUT2D eigenvalue weighted by Crippen LogP contribution is 2.39. The highest BCUT2D eigenvalue weighted by atomic mass is 19.4. The number of amides is 1. The molecular formula is C22H17F4N5O3. The number of aromatic amines is 1. The number of alkyl halides is 3. The first-order valence-corrected chi connectivity index (χ1v) is 10.4. The Bertz CT molecular complexity index is 1470. The molecule has 1 aliphatic rings. The van der Waals surface area contributed by atoms with Crippen molar-refractivity contribution in [2.45, 2.75) is 24.9 Å². The molecule has 176 valence electrons. The summed E-state index contributed by atoms with van der Waals surface area (Å²) in [4.78, 5) is 31.6. The predicted octanol–water partition coefficient (Wildman–Crippen LogP) is 4.25. The lowest BCUT2D eigenvalue weighted by molar-refractivity contribution is -0.136. The van der Waals surface area contributed by atoms with Gasteiger partial charge in [0.05, 0.1) is 22.3 Å². The highest BCUT2D eigenvalue weighted by Gasteiger charge is 2.36. The number of hydrogen-bond donors (Lipinski definition) is 2. The minimum absolute atomic E-state index is 0.0399. The second-order valence-electron chi connectivity index (χ2n) is 8.12. The lowest BCUT2D eigenvalue weighted by Crippen LogP contribution is -2.37. The minimum atomic E-state index is -4.78. The van der Waals surface area contributed by atoms with Crippen molar-refractivity contribution in [3.63, 3.8) is 0 Å². The molecule has 0 atom stereocenters. The van der Waals surface area contributed by atoms with Crippen molar-refractivity contribution < 1.29 is 27.5 Å². The Morgan fingerprint density at radius 2 is 1.79 bits per heavy atom. The summed E-state index contributed by atoms with van der Waals surface area (Å²) in [6.07, 6.45) is -5.05. The van der Waals surface area contributed by atoms with Crippen molar-refractivity contribution in [1.29, 1.82) is 0 Å². The third-order valence-corrected chi connectivity index (χ3v) is 6.04. The molecule has 1 aromatic carbocycles.